The second kappa shape index (κ2) is 6.20. The Labute approximate surface area is 153 Å². The zero-order chi connectivity index (χ0) is 18.4. The third-order valence-corrected chi connectivity index (χ3v) is 5.26. The molecule has 0 aromatic carbocycles. The molecule has 4 heterocycles. The molecule has 1 aliphatic rings. The van der Waals surface area contributed by atoms with Gasteiger partial charge in [0.25, 0.3) is 11.5 Å². The molecule has 3 aromatic heterocycles. The van der Waals surface area contributed by atoms with Gasteiger partial charge in [-0.25, -0.2) is 4.98 Å². The van der Waals surface area contributed by atoms with Gasteiger partial charge in [0.2, 0.25) is 10.1 Å². The number of rotatable bonds is 4. The van der Waals surface area contributed by atoms with Gasteiger partial charge in [0.1, 0.15) is 11.9 Å². The first-order chi connectivity index (χ1) is 12.5. The minimum Gasteiger partial charge on any atom is -0.348 e. The smallest absolute Gasteiger partial charge is 0.275 e. The highest BCUT2D eigenvalue weighted by Gasteiger charge is 2.34. The summed E-state index contributed by atoms with van der Waals surface area (Å²) in [6.07, 6.45) is 1.34. The molecule has 26 heavy (non-hydrogen) atoms. The molecule has 0 radical (unpaired) electrons. The maximum Gasteiger partial charge on any atom is 0.275 e. The topological polar surface area (TPSA) is 97.4 Å². The number of aryl methyl sites for hydroxylation is 3. The molecule has 1 fully saturated rings. The zero-order valence-corrected chi connectivity index (χ0v) is 15.6. The summed E-state index contributed by atoms with van der Waals surface area (Å²) in [7, 11) is 1.83. The van der Waals surface area contributed by atoms with Gasteiger partial charge in [0.15, 0.2) is 0 Å². The van der Waals surface area contributed by atoms with Gasteiger partial charge in [0.05, 0.1) is 5.69 Å². The Morgan fingerprint density at radius 2 is 2.12 bits per heavy atom. The number of fused-ring (bicyclic) bond motifs is 1. The highest BCUT2D eigenvalue weighted by atomic mass is 32.1. The van der Waals surface area contributed by atoms with E-state index in [1.165, 1.54) is 21.9 Å². The SMILES string of the molecule is CCc1cc(=O)n2nc(NC3CCN(c4cc(C)nn4C)C3=O)sc2n1. The van der Waals surface area contributed by atoms with E-state index < -0.39 is 0 Å². The van der Waals surface area contributed by atoms with Crippen LogP contribution in [0.1, 0.15) is 24.7 Å². The largest absolute Gasteiger partial charge is 0.348 e. The van der Waals surface area contributed by atoms with E-state index in [0.29, 0.717) is 29.5 Å². The number of amides is 1. The Balaban J connectivity index is 1.57. The lowest BCUT2D eigenvalue weighted by Crippen LogP contribution is -2.34. The van der Waals surface area contributed by atoms with Crippen LogP contribution in [0.25, 0.3) is 4.96 Å². The molecule has 1 unspecified atom stereocenters. The summed E-state index contributed by atoms with van der Waals surface area (Å²) in [6.45, 7) is 4.46. The van der Waals surface area contributed by atoms with Gasteiger partial charge in [-0.3, -0.25) is 19.2 Å². The van der Waals surface area contributed by atoms with E-state index >= 15 is 0 Å². The van der Waals surface area contributed by atoms with E-state index in [-0.39, 0.29) is 17.5 Å². The molecule has 0 bridgehead atoms. The highest BCUT2D eigenvalue weighted by molar-refractivity contribution is 7.20. The van der Waals surface area contributed by atoms with Gasteiger partial charge < -0.3 is 5.32 Å². The number of nitrogens with zero attached hydrogens (tertiary/aromatic N) is 6. The molecule has 1 aliphatic heterocycles. The minimum atomic E-state index is -0.382. The summed E-state index contributed by atoms with van der Waals surface area (Å²) in [4.78, 5) is 31.5. The Hall–Kier alpha value is -2.75. The second-order valence-corrected chi connectivity index (χ2v) is 7.24. The van der Waals surface area contributed by atoms with E-state index in [9.17, 15) is 9.59 Å². The van der Waals surface area contributed by atoms with Crippen LogP contribution in [0.15, 0.2) is 16.9 Å². The van der Waals surface area contributed by atoms with E-state index in [1.54, 1.807) is 9.58 Å². The van der Waals surface area contributed by atoms with Crippen molar-refractivity contribution in [2.24, 2.45) is 7.05 Å². The molecule has 1 N–H and O–H groups in total. The summed E-state index contributed by atoms with van der Waals surface area (Å²) in [5.74, 6) is 0.758. The molecule has 0 saturated carbocycles. The van der Waals surface area contributed by atoms with E-state index in [1.807, 2.05) is 27.0 Å². The Morgan fingerprint density at radius 1 is 1.31 bits per heavy atom. The summed E-state index contributed by atoms with van der Waals surface area (Å²) >= 11 is 1.28. The van der Waals surface area contributed by atoms with Gasteiger partial charge in [0, 0.05) is 31.4 Å². The fraction of sp³-hybridized carbons (Fsp3) is 0.438. The van der Waals surface area contributed by atoms with Crippen molar-refractivity contribution in [3.8, 4) is 0 Å². The average Bonchev–Trinajstić information content (AvgIpc) is 3.26. The lowest BCUT2D eigenvalue weighted by molar-refractivity contribution is -0.117. The predicted octanol–water partition coefficient (Wildman–Crippen LogP) is 0.973. The number of hydrogen-bond acceptors (Lipinski definition) is 7. The fourth-order valence-electron chi connectivity index (χ4n) is 3.14. The average molecular weight is 373 g/mol. The Kier molecular flexibility index (Phi) is 3.98. The monoisotopic (exact) mass is 373 g/mol. The summed E-state index contributed by atoms with van der Waals surface area (Å²) < 4.78 is 2.98. The normalized spacial score (nSPS) is 17.4. The van der Waals surface area contributed by atoms with Crippen LogP contribution in [0.4, 0.5) is 10.9 Å². The van der Waals surface area contributed by atoms with Gasteiger partial charge in [-0.05, 0) is 19.8 Å². The van der Waals surface area contributed by atoms with Crippen molar-refractivity contribution in [3.63, 3.8) is 0 Å². The molecule has 3 aromatic rings. The summed E-state index contributed by atoms with van der Waals surface area (Å²) in [5, 5.41) is 12.2. The summed E-state index contributed by atoms with van der Waals surface area (Å²) in [5.41, 5.74) is 1.40. The van der Waals surface area contributed by atoms with Gasteiger partial charge >= 0.3 is 0 Å². The summed E-state index contributed by atoms with van der Waals surface area (Å²) in [6, 6.07) is 3.00. The lowest BCUT2D eigenvalue weighted by Gasteiger charge is -2.16. The lowest BCUT2D eigenvalue weighted by atomic mass is 10.2. The van der Waals surface area contributed by atoms with Crippen LogP contribution in [-0.2, 0) is 18.3 Å². The van der Waals surface area contributed by atoms with Gasteiger partial charge in [-0.2, -0.15) is 9.61 Å². The molecule has 1 atom stereocenters. The van der Waals surface area contributed by atoms with Crippen molar-refractivity contribution in [2.45, 2.75) is 32.7 Å². The van der Waals surface area contributed by atoms with Crippen LogP contribution in [0, 0.1) is 6.92 Å². The zero-order valence-electron chi connectivity index (χ0n) is 14.8. The maximum atomic E-state index is 12.8. The molecule has 136 valence electrons. The van der Waals surface area contributed by atoms with E-state index in [2.05, 4.69) is 20.5 Å². The second-order valence-electron chi connectivity index (χ2n) is 6.28. The van der Waals surface area contributed by atoms with Crippen molar-refractivity contribution in [1.29, 1.82) is 0 Å². The number of carbonyl (C=O) groups is 1. The maximum absolute atomic E-state index is 12.8. The number of nitrogens with one attached hydrogen (secondary N) is 1. The molecule has 0 aliphatic carbocycles. The van der Waals surface area contributed by atoms with Crippen LogP contribution in [-0.4, -0.2) is 42.9 Å². The number of aromatic nitrogens is 5. The van der Waals surface area contributed by atoms with Crippen molar-refractivity contribution in [3.05, 3.63) is 33.9 Å². The Bertz CT molecular complexity index is 1050. The van der Waals surface area contributed by atoms with Crippen molar-refractivity contribution in [1.82, 2.24) is 24.4 Å². The van der Waals surface area contributed by atoms with Crippen molar-refractivity contribution < 1.29 is 4.79 Å². The van der Waals surface area contributed by atoms with Crippen LogP contribution in [0.5, 0.6) is 0 Å². The quantitative estimate of drug-likeness (QED) is 0.732. The number of hydrogen-bond donors (Lipinski definition) is 1. The third kappa shape index (κ3) is 2.75. The minimum absolute atomic E-state index is 0.0261. The van der Waals surface area contributed by atoms with Crippen molar-refractivity contribution >= 4 is 33.2 Å². The first-order valence-corrected chi connectivity index (χ1v) is 9.26. The van der Waals surface area contributed by atoms with E-state index in [0.717, 1.165) is 17.2 Å². The molecular weight excluding hydrogens is 354 g/mol. The molecule has 1 amide bonds. The van der Waals surface area contributed by atoms with E-state index in [4.69, 9.17) is 0 Å². The van der Waals surface area contributed by atoms with Crippen LogP contribution >= 0.6 is 11.3 Å². The van der Waals surface area contributed by atoms with Crippen molar-refractivity contribution in [2.75, 3.05) is 16.8 Å². The predicted molar refractivity (Wildman–Crippen MR) is 98.8 cm³/mol. The molecule has 0 spiro atoms. The first kappa shape index (κ1) is 16.7. The van der Waals surface area contributed by atoms with Gasteiger partial charge in [-0.15, -0.1) is 5.10 Å². The van der Waals surface area contributed by atoms with Crippen LogP contribution in [0.3, 0.4) is 0 Å². The third-order valence-electron chi connectivity index (χ3n) is 4.42. The van der Waals surface area contributed by atoms with Crippen LogP contribution in [0.2, 0.25) is 0 Å². The number of carbonyl (C=O) groups excluding carboxylic acids is 1. The standard InChI is InChI=1S/C16H19N7O2S/c1-4-10-8-13(24)23-16(17-10)26-15(20-23)18-11-5-6-22(14(11)25)12-7-9(2)19-21(12)3/h7-8,11H,4-6H2,1-3H3,(H,18,20). The molecule has 1 saturated heterocycles. The highest BCUT2D eigenvalue weighted by Crippen LogP contribution is 2.25. The molecule has 4 rings (SSSR count). The van der Waals surface area contributed by atoms with Gasteiger partial charge in [-0.1, -0.05) is 18.3 Å². The molecular formula is C16H19N7O2S. The van der Waals surface area contributed by atoms with Crippen LogP contribution < -0.4 is 15.8 Å². The molecule has 9 nitrogen and oxygen atoms in total. The number of anilines is 2. The molecule has 10 heteroatoms. The Morgan fingerprint density at radius 3 is 2.81 bits per heavy atom. The fourth-order valence-corrected chi connectivity index (χ4v) is 4.01. The first-order valence-electron chi connectivity index (χ1n) is 8.44.